The lowest BCUT2D eigenvalue weighted by molar-refractivity contribution is -0.118. The molecule has 0 unspecified atom stereocenters. The van der Waals surface area contributed by atoms with E-state index in [1.54, 1.807) is 23.3 Å². The zero-order valence-corrected chi connectivity index (χ0v) is 17.0. The van der Waals surface area contributed by atoms with Crippen LogP contribution in [0.3, 0.4) is 0 Å². The van der Waals surface area contributed by atoms with Crippen LogP contribution in [0.4, 0.5) is 5.13 Å². The van der Waals surface area contributed by atoms with Crippen molar-refractivity contribution in [3.05, 3.63) is 53.6 Å². The first-order chi connectivity index (χ1) is 13.0. The van der Waals surface area contributed by atoms with Gasteiger partial charge >= 0.3 is 0 Å². The van der Waals surface area contributed by atoms with Crippen molar-refractivity contribution in [2.24, 2.45) is 0 Å². The molecule has 3 aromatic rings. The number of rotatable bonds is 7. The van der Waals surface area contributed by atoms with E-state index in [0.717, 1.165) is 38.8 Å². The molecule has 3 rings (SSSR count). The van der Waals surface area contributed by atoms with Gasteiger partial charge in [0.1, 0.15) is 11.3 Å². The summed E-state index contributed by atoms with van der Waals surface area (Å²) in [4.78, 5) is 21.7. The fraction of sp³-hybridized carbons (Fsp3) is 0.333. The number of thiazole rings is 1. The maximum atomic E-state index is 13.1. The van der Waals surface area contributed by atoms with E-state index < -0.39 is 0 Å². The van der Waals surface area contributed by atoms with E-state index in [4.69, 9.17) is 9.72 Å². The van der Waals surface area contributed by atoms with Gasteiger partial charge in [-0.2, -0.15) is 0 Å². The van der Waals surface area contributed by atoms with Gasteiger partial charge in [0, 0.05) is 13.1 Å². The number of carbonyl (C=O) groups excluding carboxylic acids is 1. The molecule has 0 bridgehead atoms. The molecule has 0 N–H and O–H groups in total. The number of amides is 1. The van der Waals surface area contributed by atoms with E-state index in [1.807, 2.05) is 56.6 Å². The predicted molar refractivity (Wildman–Crippen MR) is 112 cm³/mol. The Bertz CT molecular complexity index is 922. The fourth-order valence-electron chi connectivity index (χ4n) is 2.87. The molecule has 1 aromatic heterocycles. The van der Waals surface area contributed by atoms with Gasteiger partial charge in [-0.15, -0.1) is 0 Å². The van der Waals surface area contributed by atoms with Gasteiger partial charge in [-0.3, -0.25) is 9.69 Å². The Morgan fingerprint density at radius 3 is 2.52 bits per heavy atom. The molecule has 6 heteroatoms. The maximum Gasteiger partial charge on any atom is 0.233 e. The van der Waals surface area contributed by atoms with Gasteiger partial charge in [0.15, 0.2) is 5.13 Å². The second kappa shape index (κ2) is 8.50. The number of aryl methyl sites for hydroxylation is 1. The van der Waals surface area contributed by atoms with Gasteiger partial charge < -0.3 is 9.64 Å². The lowest BCUT2D eigenvalue weighted by Gasteiger charge is -2.22. The largest absolute Gasteiger partial charge is 0.494 e. The minimum atomic E-state index is 0.0544. The molecule has 27 heavy (non-hydrogen) atoms. The van der Waals surface area contributed by atoms with E-state index in [1.165, 1.54) is 0 Å². The Hall–Kier alpha value is -2.44. The number of anilines is 1. The SMILES string of the molecule is COc1ccc(C)c2sc(N(CCN(C)C)C(=O)Cc3ccccc3)nc12. The number of nitrogens with zero attached hydrogens (tertiary/aromatic N) is 3. The first-order valence-corrected chi connectivity index (χ1v) is 9.74. The summed E-state index contributed by atoms with van der Waals surface area (Å²) in [5.74, 6) is 0.792. The monoisotopic (exact) mass is 383 g/mol. The van der Waals surface area contributed by atoms with Gasteiger partial charge in [-0.25, -0.2) is 4.98 Å². The molecule has 0 spiro atoms. The van der Waals surface area contributed by atoms with Crippen LogP contribution in [0.2, 0.25) is 0 Å². The highest BCUT2D eigenvalue weighted by Crippen LogP contribution is 2.36. The summed E-state index contributed by atoms with van der Waals surface area (Å²) < 4.78 is 6.52. The number of ether oxygens (including phenoxy) is 1. The quantitative estimate of drug-likeness (QED) is 0.623. The number of benzene rings is 2. The molecular formula is C21H25N3O2S. The summed E-state index contributed by atoms with van der Waals surface area (Å²) in [7, 11) is 5.66. The topological polar surface area (TPSA) is 45.7 Å². The highest BCUT2D eigenvalue weighted by atomic mass is 32.1. The second-order valence-corrected chi connectivity index (χ2v) is 7.75. The van der Waals surface area contributed by atoms with E-state index in [9.17, 15) is 4.79 Å². The molecule has 0 aliphatic rings. The van der Waals surface area contributed by atoms with Crippen LogP contribution in [-0.2, 0) is 11.2 Å². The van der Waals surface area contributed by atoms with Crippen molar-refractivity contribution in [2.45, 2.75) is 13.3 Å². The highest BCUT2D eigenvalue weighted by molar-refractivity contribution is 7.22. The minimum absolute atomic E-state index is 0.0544. The van der Waals surface area contributed by atoms with E-state index in [-0.39, 0.29) is 5.91 Å². The van der Waals surface area contributed by atoms with Gasteiger partial charge in [0.05, 0.1) is 18.2 Å². The van der Waals surface area contributed by atoms with Crippen LogP contribution in [0, 0.1) is 6.92 Å². The van der Waals surface area contributed by atoms with Crippen molar-refractivity contribution in [1.82, 2.24) is 9.88 Å². The Balaban J connectivity index is 1.96. The van der Waals surface area contributed by atoms with Crippen molar-refractivity contribution in [2.75, 3.05) is 39.2 Å². The molecule has 0 saturated heterocycles. The summed E-state index contributed by atoms with van der Waals surface area (Å²) in [6.07, 6.45) is 0.361. The number of aromatic nitrogens is 1. The Morgan fingerprint density at radius 1 is 1.11 bits per heavy atom. The molecule has 142 valence electrons. The number of hydrogen-bond donors (Lipinski definition) is 0. The third kappa shape index (κ3) is 4.46. The van der Waals surface area contributed by atoms with Crippen molar-refractivity contribution in [1.29, 1.82) is 0 Å². The third-order valence-electron chi connectivity index (χ3n) is 4.41. The smallest absolute Gasteiger partial charge is 0.233 e. The van der Waals surface area contributed by atoms with Crippen molar-refractivity contribution in [3.63, 3.8) is 0 Å². The predicted octanol–water partition coefficient (Wildman–Crippen LogP) is 3.75. The van der Waals surface area contributed by atoms with Crippen LogP contribution in [-0.4, -0.2) is 50.1 Å². The third-order valence-corrected chi connectivity index (χ3v) is 5.63. The molecule has 0 aliphatic carbocycles. The lowest BCUT2D eigenvalue weighted by Crippen LogP contribution is -2.37. The molecule has 0 saturated carbocycles. The highest BCUT2D eigenvalue weighted by Gasteiger charge is 2.22. The number of likely N-dealkylation sites (N-methyl/N-ethyl adjacent to an activating group) is 1. The summed E-state index contributed by atoms with van der Waals surface area (Å²) in [6, 6.07) is 13.8. The minimum Gasteiger partial charge on any atom is -0.494 e. The lowest BCUT2D eigenvalue weighted by atomic mass is 10.1. The van der Waals surface area contributed by atoms with Crippen LogP contribution >= 0.6 is 11.3 Å². The molecule has 5 nitrogen and oxygen atoms in total. The molecule has 1 amide bonds. The standard InChI is InChI=1S/C21H25N3O2S/c1-15-10-11-17(26-4)19-20(15)27-21(22-19)24(13-12-23(2)3)18(25)14-16-8-6-5-7-9-16/h5-11H,12-14H2,1-4H3. The van der Waals surface area contributed by atoms with Crippen LogP contribution in [0.25, 0.3) is 10.2 Å². The van der Waals surface area contributed by atoms with Gasteiger partial charge in [0.25, 0.3) is 0 Å². The summed E-state index contributed by atoms with van der Waals surface area (Å²) in [5, 5.41) is 0.723. The second-order valence-electron chi connectivity index (χ2n) is 6.77. The fourth-order valence-corrected chi connectivity index (χ4v) is 3.97. The summed E-state index contributed by atoms with van der Waals surface area (Å²) >= 11 is 1.55. The van der Waals surface area contributed by atoms with Gasteiger partial charge in [0.2, 0.25) is 5.91 Å². The molecule has 0 aliphatic heterocycles. The molecule has 2 aromatic carbocycles. The van der Waals surface area contributed by atoms with Crippen LogP contribution < -0.4 is 9.64 Å². The number of methoxy groups -OCH3 is 1. The van der Waals surface area contributed by atoms with E-state index in [2.05, 4.69) is 11.8 Å². The van der Waals surface area contributed by atoms with Crippen molar-refractivity contribution in [3.8, 4) is 5.75 Å². The van der Waals surface area contributed by atoms with E-state index >= 15 is 0 Å². The normalized spacial score (nSPS) is 11.1. The van der Waals surface area contributed by atoms with Crippen LogP contribution in [0.5, 0.6) is 5.75 Å². The molecule has 0 atom stereocenters. The molecular weight excluding hydrogens is 358 g/mol. The average molecular weight is 384 g/mol. The number of carbonyl (C=O) groups is 1. The van der Waals surface area contributed by atoms with Crippen LogP contribution in [0.15, 0.2) is 42.5 Å². The van der Waals surface area contributed by atoms with Crippen molar-refractivity contribution < 1.29 is 9.53 Å². The Kier molecular flexibility index (Phi) is 6.08. The van der Waals surface area contributed by atoms with Gasteiger partial charge in [-0.1, -0.05) is 47.7 Å². The zero-order chi connectivity index (χ0) is 19.4. The number of hydrogen-bond acceptors (Lipinski definition) is 5. The molecule has 0 fully saturated rings. The first-order valence-electron chi connectivity index (χ1n) is 8.92. The molecule has 1 heterocycles. The van der Waals surface area contributed by atoms with Crippen molar-refractivity contribution >= 4 is 32.6 Å². The average Bonchev–Trinajstić information content (AvgIpc) is 3.09. The van der Waals surface area contributed by atoms with Gasteiger partial charge in [-0.05, 0) is 38.2 Å². The Morgan fingerprint density at radius 2 is 1.85 bits per heavy atom. The first kappa shape index (κ1) is 19.3. The zero-order valence-electron chi connectivity index (χ0n) is 16.2. The Labute approximate surface area is 164 Å². The number of fused-ring (bicyclic) bond motifs is 1. The van der Waals surface area contributed by atoms with E-state index in [0.29, 0.717) is 13.0 Å². The maximum absolute atomic E-state index is 13.1. The summed E-state index contributed by atoms with van der Waals surface area (Å²) in [5.41, 5.74) is 2.96. The summed E-state index contributed by atoms with van der Waals surface area (Å²) in [6.45, 7) is 3.42. The van der Waals surface area contributed by atoms with Crippen LogP contribution in [0.1, 0.15) is 11.1 Å². The molecule has 0 radical (unpaired) electrons.